The Morgan fingerprint density at radius 2 is 1.18 bits per heavy atom. The summed E-state index contributed by atoms with van der Waals surface area (Å²) in [7, 11) is -0.389. The van der Waals surface area contributed by atoms with Crippen molar-refractivity contribution in [1.29, 1.82) is 0 Å². The van der Waals surface area contributed by atoms with E-state index in [0.29, 0.717) is 17.2 Å². The van der Waals surface area contributed by atoms with E-state index >= 15 is 0 Å². The molecule has 0 N–H and O–H groups in total. The van der Waals surface area contributed by atoms with Crippen LogP contribution in [-0.2, 0) is 9.84 Å². The van der Waals surface area contributed by atoms with Crippen molar-refractivity contribution in [3.8, 4) is 33.9 Å². The molecule has 0 fully saturated rings. The molecule has 50 heavy (non-hydrogen) atoms. The molecule has 0 bridgehead atoms. The minimum absolute atomic E-state index is 0.224. The molecule has 0 aliphatic carbocycles. The van der Waals surface area contributed by atoms with Crippen molar-refractivity contribution in [2.75, 3.05) is 19.1 Å². The normalized spacial score (nSPS) is 12.3. The molecule has 1 aliphatic heterocycles. The molecule has 0 unspecified atom stereocenters. The van der Waals surface area contributed by atoms with Gasteiger partial charge >= 0.3 is 0 Å². The number of nitrogens with zero attached hydrogens (tertiary/aromatic N) is 2. The molecule has 6 aromatic carbocycles. The van der Waals surface area contributed by atoms with E-state index in [1.807, 2.05) is 30.3 Å². The van der Waals surface area contributed by atoms with Crippen molar-refractivity contribution < 1.29 is 17.9 Å². The Morgan fingerprint density at radius 3 is 1.80 bits per heavy atom. The summed E-state index contributed by atoms with van der Waals surface area (Å²) in [6, 6.07) is 44.5. The van der Waals surface area contributed by atoms with Gasteiger partial charge in [-0.25, -0.2) is 13.4 Å². The first kappa shape index (κ1) is 31.7. The lowest BCUT2D eigenvalue weighted by Gasteiger charge is -2.33. The average molecular weight is 693 g/mol. The minimum atomic E-state index is -3.68. The molecule has 1 aliphatic rings. The summed E-state index contributed by atoms with van der Waals surface area (Å²) in [4.78, 5) is 10.5. The van der Waals surface area contributed by atoms with Crippen molar-refractivity contribution in [2.45, 2.75) is 26.5 Å². The Balaban J connectivity index is 1.39. The van der Waals surface area contributed by atoms with Crippen LogP contribution in [0.5, 0.6) is 11.5 Å². The van der Waals surface area contributed by atoms with Crippen LogP contribution in [0.25, 0.3) is 33.3 Å². The number of hydrogen-bond acceptors (Lipinski definition) is 7. The van der Waals surface area contributed by atoms with Gasteiger partial charge < -0.3 is 14.4 Å². The van der Waals surface area contributed by atoms with Crippen LogP contribution >= 0.6 is 11.8 Å². The summed E-state index contributed by atoms with van der Waals surface area (Å²) in [5.74, 6) is 1.34. The van der Waals surface area contributed by atoms with Gasteiger partial charge in [0.1, 0.15) is 11.5 Å². The monoisotopic (exact) mass is 692 g/mol. The Labute approximate surface area is 295 Å². The Morgan fingerprint density at radius 1 is 0.600 bits per heavy atom. The number of aromatic nitrogens is 1. The van der Waals surface area contributed by atoms with Crippen LogP contribution in [0.4, 0.5) is 17.1 Å². The molecule has 0 radical (unpaired) electrons. The average Bonchev–Trinajstić information content (AvgIpc) is 3.17. The molecule has 8 heteroatoms. The molecule has 0 spiro atoms. The third kappa shape index (κ3) is 5.47. The van der Waals surface area contributed by atoms with E-state index in [1.54, 1.807) is 68.4 Å². The zero-order chi connectivity index (χ0) is 34.4. The van der Waals surface area contributed by atoms with E-state index in [-0.39, 0.29) is 9.79 Å². The number of aryl methyl sites for hydroxylation is 1. The molecule has 2 heterocycles. The van der Waals surface area contributed by atoms with Crippen molar-refractivity contribution in [3.05, 3.63) is 145 Å². The number of pyridine rings is 1. The van der Waals surface area contributed by atoms with Crippen molar-refractivity contribution >= 4 is 49.6 Å². The number of fused-ring (bicyclic) bond motifs is 3. The summed E-state index contributed by atoms with van der Waals surface area (Å²) in [6.45, 7) is 2.10. The van der Waals surface area contributed by atoms with Gasteiger partial charge in [-0.1, -0.05) is 72.4 Å². The molecular formula is C42H32N2O4S2. The second-order valence-electron chi connectivity index (χ2n) is 12.0. The van der Waals surface area contributed by atoms with Gasteiger partial charge in [-0.3, -0.25) is 0 Å². The topological polar surface area (TPSA) is 68.7 Å². The highest BCUT2D eigenvalue weighted by molar-refractivity contribution is 7.99. The maximum Gasteiger partial charge on any atom is 0.206 e. The maximum absolute atomic E-state index is 13.4. The van der Waals surface area contributed by atoms with Crippen molar-refractivity contribution in [3.63, 3.8) is 0 Å². The van der Waals surface area contributed by atoms with Gasteiger partial charge in [-0.15, -0.1) is 0 Å². The number of rotatable bonds is 7. The van der Waals surface area contributed by atoms with Crippen molar-refractivity contribution in [1.82, 2.24) is 4.98 Å². The van der Waals surface area contributed by atoms with Crippen molar-refractivity contribution in [2.24, 2.45) is 0 Å². The molecule has 246 valence electrons. The molecule has 7 aromatic rings. The highest BCUT2D eigenvalue weighted by Gasteiger charge is 2.27. The molecule has 0 saturated carbocycles. The molecule has 0 amide bonds. The summed E-state index contributed by atoms with van der Waals surface area (Å²) >= 11 is 1.76. The number of benzene rings is 6. The quantitative estimate of drug-likeness (QED) is 0.165. The second-order valence-corrected chi connectivity index (χ2v) is 15.0. The predicted molar refractivity (Wildman–Crippen MR) is 201 cm³/mol. The fraction of sp³-hybridized carbons (Fsp3) is 0.0714. The first-order valence-corrected chi connectivity index (χ1v) is 18.4. The molecule has 0 saturated heterocycles. The van der Waals surface area contributed by atoms with Crippen LogP contribution in [0.2, 0.25) is 0 Å². The zero-order valence-corrected chi connectivity index (χ0v) is 29.3. The van der Waals surface area contributed by atoms with Crippen LogP contribution in [0.1, 0.15) is 5.56 Å². The predicted octanol–water partition coefficient (Wildman–Crippen LogP) is 10.7. The SMILES string of the molecule is COc1cc(OC)cc(-c2cc(-c3ccc(S(=O)(=O)c4ccccc4)cc3)nc3c(N4c5ccccc5Sc5ccccc54)ccc(C)c23)c1. The summed E-state index contributed by atoms with van der Waals surface area (Å²) in [5, 5.41) is 0.998. The number of sulfone groups is 1. The van der Waals surface area contributed by atoms with Crippen LogP contribution in [-0.4, -0.2) is 27.6 Å². The Bertz CT molecular complexity index is 2450. The van der Waals surface area contributed by atoms with E-state index in [1.165, 1.54) is 0 Å². The van der Waals surface area contributed by atoms with Gasteiger partial charge in [-0.05, 0) is 96.4 Å². The minimum Gasteiger partial charge on any atom is -0.497 e. The van der Waals surface area contributed by atoms with Gasteiger partial charge in [0.05, 0.1) is 52.3 Å². The first-order chi connectivity index (χ1) is 24.4. The summed E-state index contributed by atoms with van der Waals surface area (Å²) in [5.41, 5.74) is 8.34. The smallest absolute Gasteiger partial charge is 0.206 e. The van der Waals surface area contributed by atoms with Gasteiger partial charge in [0.15, 0.2) is 0 Å². The largest absolute Gasteiger partial charge is 0.497 e. The van der Waals surface area contributed by atoms with Crippen LogP contribution in [0, 0.1) is 6.92 Å². The third-order valence-corrected chi connectivity index (χ3v) is 11.9. The van der Waals surface area contributed by atoms with Crippen LogP contribution < -0.4 is 14.4 Å². The number of hydrogen-bond donors (Lipinski definition) is 0. The summed E-state index contributed by atoms with van der Waals surface area (Å²) in [6.07, 6.45) is 0. The lowest BCUT2D eigenvalue weighted by Crippen LogP contribution is -2.15. The fourth-order valence-corrected chi connectivity index (χ4v) is 8.86. The maximum atomic E-state index is 13.4. The number of anilines is 3. The Hall–Kier alpha value is -5.57. The number of para-hydroxylation sites is 2. The lowest BCUT2D eigenvalue weighted by atomic mass is 9.94. The summed E-state index contributed by atoms with van der Waals surface area (Å²) < 4.78 is 38.2. The molecular weight excluding hydrogens is 661 g/mol. The first-order valence-electron chi connectivity index (χ1n) is 16.1. The second kappa shape index (κ2) is 12.7. The van der Waals surface area contributed by atoms with Gasteiger partial charge in [-0.2, -0.15) is 0 Å². The standard InChI is InChI=1S/C42H32N2O4S2/c1-27-17-22-38(44-36-13-7-9-15-39(36)49-40-16-10-8-14-37(40)44)42-41(27)34(29-23-30(47-2)25-31(24-29)48-3)26-35(43-42)28-18-20-33(21-19-28)50(45,46)32-11-5-4-6-12-32/h4-26H,1-3H3. The van der Waals surface area contributed by atoms with E-state index in [2.05, 4.69) is 78.6 Å². The van der Waals surface area contributed by atoms with Gasteiger partial charge in [0.25, 0.3) is 0 Å². The highest BCUT2D eigenvalue weighted by atomic mass is 32.2. The molecule has 6 nitrogen and oxygen atoms in total. The van der Waals surface area contributed by atoms with E-state index in [4.69, 9.17) is 14.5 Å². The highest BCUT2D eigenvalue weighted by Crippen LogP contribution is 2.53. The zero-order valence-electron chi connectivity index (χ0n) is 27.6. The van der Waals surface area contributed by atoms with Crippen LogP contribution in [0.15, 0.2) is 159 Å². The third-order valence-electron chi connectivity index (χ3n) is 9.00. The Kier molecular flexibility index (Phi) is 8.05. The lowest BCUT2D eigenvalue weighted by molar-refractivity contribution is 0.394. The fourth-order valence-electron chi connectivity index (χ4n) is 6.52. The van der Waals surface area contributed by atoms with E-state index < -0.39 is 9.84 Å². The molecule has 1 aromatic heterocycles. The number of ether oxygens (including phenoxy) is 2. The van der Waals surface area contributed by atoms with E-state index in [0.717, 1.165) is 60.0 Å². The van der Waals surface area contributed by atoms with E-state index in [9.17, 15) is 8.42 Å². The molecule has 8 rings (SSSR count). The van der Waals surface area contributed by atoms with Crippen LogP contribution in [0.3, 0.4) is 0 Å². The molecule has 0 atom stereocenters. The number of methoxy groups -OCH3 is 2. The van der Waals surface area contributed by atoms with Gasteiger partial charge in [0, 0.05) is 26.8 Å². The van der Waals surface area contributed by atoms with Gasteiger partial charge in [0.2, 0.25) is 9.84 Å².